The van der Waals surface area contributed by atoms with Gasteiger partial charge >= 0.3 is 0 Å². The number of benzene rings is 3. The highest BCUT2D eigenvalue weighted by molar-refractivity contribution is 6.30. The van der Waals surface area contributed by atoms with Gasteiger partial charge in [0.15, 0.2) is 0 Å². The largest absolute Gasteiger partial charge is 0.350 e. The topological polar surface area (TPSA) is 49.4 Å². The molecule has 0 radical (unpaired) electrons. The number of hydrogen-bond acceptors (Lipinski definition) is 2. The smallest absolute Gasteiger partial charge is 0.243 e. The van der Waals surface area contributed by atoms with Crippen molar-refractivity contribution in [3.63, 3.8) is 0 Å². The second kappa shape index (κ2) is 12.6. The summed E-state index contributed by atoms with van der Waals surface area (Å²) in [7, 11) is 0. The maximum Gasteiger partial charge on any atom is 0.243 e. The van der Waals surface area contributed by atoms with Crippen molar-refractivity contribution in [3.05, 3.63) is 106 Å². The molecule has 3 aromatic carbocycles. The summed E-state index contributed by atoms with van der Waals surface area (Å²) < 4.78 is 0. The summed E-state index contributed by atoms with van der Waals surface area (Å²) in [4.78, 5) is 29.2. The first-order chi connectivity index (χ1) is 17.8. The summed E-state index contributed by atoms with van der Waals surface area (Å²) in [6.07, 6.45) is 1.34. The molecule has 0 aliphatic rings. The van der Waals surface area contributed by atoms with Crippen LogP contribution in [0.2, 0.25) is 5.02 Å². The van der Waals surface area contributed by atoms with E-state index in [0.29, 0.717) is 30.8 Å². The predicted octanol–water partition coefficient (Wildman–Crippen LogP) is 7.12. The molecule has 0 heterocycles. The number of nitrogens with zero attached hydrogens (tertiary/aromatic N) is 1. The van der Waals surface area contributed by atoms with E-state index in [1.54, 1.807) is 4.90 Å². The van der Waals surface area contributed by atoms with Crippen molar-refractivity contribution in [2.45, 2.75) is 84.3 Å². The Hall–Kier alpha value is -3.11. The zero-order valence-corrected chi connectivity index (χ0v) is 24.3. The third-order valence-electron chi connectivity index (χ3n) is 6.46. The van der Waals surface area contributed by atoms with Crippen LogP contribution in [0.3, 0.4) is 0 Å². The Morgan fingerprint density at radius 1 is 0.816 bits per heavy atom. The molecule has 3 rings (SSSR count). The van der Waals surface area contributed by atoms with Gasteiger partial charge in [0.1, 0.15) is 6.04 Å². The van der Waals surface area contributed by atoms with E-state index in [4.69, 9.17) is 11.6 Å². The van der Waals surface area contributed by atoms with Gasteiger partial charge in [-0.15, -0.1) is 0 Å². The van der Waals surface area contributed by atoms with E-state index < -0.39 is 11.6 Å². The van der Waals surface area contributed by atoms with Crippen molar-refractivity contribution in [2.75, 3.05) is 0 Å². The Bertz CT molecular complexity index is 1210. The van der Waals surface area contributed by atoms with E-state index in [2.05, 4.69) is 50.4 Å². The monoisotopic (exact) mass is 532 g/mol. The molecule has 202 valence electrons. The van der Waals surface area contributed by atoms with Gasteiger partial charge in [-0.05, 0) is 67.0 Å². The highest BCUT2D eigenvalue weighted by Crippen LogP contribution is 2.23. The lowest BCUT2D eigenvalue weighted by molar-refractivity contribution is -0.141. The van der Waals surface area contributed by atoms with Crippen LogP contribution in [0.4, 0.5) is 0 Å². The summed E-state index contributed by atoms with van der Waals surface area (Å²) in [5, 5.41) is 3.71. The molecule has 5 heteroatoms. The standard InChI is InChI=1S/C33H41ClN2O2/c1-32(2,3)27-18-15-24(16-19-27)17-20-30(37)36(23-26-13-10-14-28(34)21-26)29(31(38)35-33(4,5)6)22-25-11-8-7-9-12-25/h7-16,18-19,21,29H,17,20,22-23H2,1-6H3,(H,35,38)/t29-/m1/s1. The number of carbonyl (C=O) groups excluding carboxylic acids is 2. The van der Waals surface area contributed by atoms with Gasteiger partial charge in [-0.1, -0.05) is 99.1 Å². The van der Waals surface area contributed by atoms with Gasteiger partial charge in [0.05, 0.1) is 0 Å². The van der Waals surface area contributed by atoms with E-state index in [1.165, 1.54) is 5.56 Å². The molecule has 2 amide bonds. The third kappa shape index (κ3) is 9.02. The maximum absolute atomic E-state index is 13.8. The van der Waals surface area contributed by atoms with E-state index in [0.717, 1.165) is 16.7 Å². The molecule has 1 atom stereocenters. The van der Waals surface area contributed by atoms with Crippen LogP contribution in [0.1, 0.15) is 70.2 Å². The van der Waals surface area contributed by atoms with E-state index in [9.17, 15) is 9.59 Å². The first-order valence-corrected chi connectivity index (χ1v) is 13.7. The summed E-state index contributed by atoms with van der Waals surface area (Å²) >= 11 is 6.27. The quantitative estimate of drug-likeness (QED) is 0.319. The highest BCUT2D eigenvalue weighted by Gasteiger charge is 2.32. The normalized spacial score (nSPS) is 12.6. The Morgan fingerprint density at radius 3 is 2.03 bits per heavy atom. The summed E-state index contributed by atoms with van der Waals surface area (Å²) in [6, 6.07) is 25.2. The number of nitrogens with one attached hydrogen (secondary N) is 1. The number of halogens is 1. The molecule has 0 unspecified atom stereocenters. The molecule has 0 aromatic heterocycles. The predicted molar refractivity (Wildman–Crippen MR) is 157 cm³/mol. The molecular weight excluding hydrogens is 492 g/mol. The van der Waals surface area contributed by atoms with Gasteiger partial charge in [-0.3, -0.25) is 9.59 Å². The molecule has 0 saturated heterocycles. The summed E-state index contributed by atoms with van der Waals surface area (Å²) in [5.41, 5.74) is 3.91. The minimum Gasteiger partial charge on any atom is -0.350 e. The van der Waals surface area contributed by atoms with E-state index >= 15 is 0 Å². The summed E-state index contributed by atoms with van der Waals surface area (Å²) in [5.74, 6) is -0.221. The minimum absolute atomic E-state index is 0.0603. The van der Waals surface area contributed by atoms with Gasteiger partial charge in [0, 0.05) is 29.9 Å². The van der Waals surface area contributed by atoms with Crippen LogP contribution in [0, 0.1) is 0 Å². The molecule has 0 spiro atoms. The van der Waals surface area contributed by atoms with Crippen molar-refractivity contribution >= 4 is 23.4 Å². The molecule has 38 heavy (non-hydrogen) atoms. The maximum atomic E-state index is 13.8. The highest BCUT2D eigenvalue weighted by atomic mass is 35.5. The first kappa shape index (κ1) is 29.4. The Kier molecular flexibility index (Phi) is 9.78. The van der Waals surface area contributed by atoms with E-state index in [-0.39, 0.29) is 17.2 Å². The lowest BCUT2D eigenvalue weighted by atomic mass is 9.86. The Morgan fingerprint density at radius 2 is 1.45 bits per heavy atom. The average molecular weight is 533 g/mol. The zero-order chi connectivity index (χ0) is 27.9. The number of carbonyl (C=O) groups is 2. The fourth-order valence-corrected chi connectivity index (χ4v) is 4.62. The molecule has 0 aliphatic heterocycles. The lowest BCUT2D eigenvalue weighted by Crippen LogP contribution is -2.54. The molecular formula is C33H41ClN2O2. The first-order valence-electron chi connectivity index (χ1n) is 13.3. The fourth-order valence-electron chi connectivity index (χ4n) is 4.41. The summed E-state index contributed by atoms with van der Waals surface area (Å²) in [6.45, 7) is 12.7. The van der Waals surface area contributed by atoms with Gasteiger partial charge in [0.25, 0.3) is 0 Å². The molecule has 1 N–H and O–H groups in total. The SMILES string of the molecule is CC(C)(C)NC(=O)[C@@H](Cc1ccccc1)N(Cc1cccc(Cl)c1)C(=O)CCc1ccc(C(C)(C)C)cc1. The second-order valence-corrected chi connectivity index (χ2v) is 12.5. The molecule has 4 nitrogen and oxygen atoms in total. The van der Waals surface area contributed by atoms with Gasteiger partial charge in [0.2, 0.25) is 11.8 Å². The lowest BCUT2D eigenvalue weighted by Gasteiger charge is -2.34. The van der Waals surface area contributed by atoms with Crippen LogP contribution >= 0.6 is 11.6 Å². The van der Waals surface area contributed by atoms with Gasteiger partial charge in [-0.2, -0.15) is 0 Å². The molecule has 3 aromatic rings. The number of amides is 2. The Labute approximate surface area is 233 Å². The van der Waals surface area contributed by atoms with Crippen LogP contribution in [-0.4, -0.2) is 28.3 Å². The van der Waals surface area contributed by atoms with Crippen LogP contribution in [0.5, 0.6) is 0 Å². The number of hydrogen-bond donors (Lipinski definition) is 1. The van der Waals surface area contributed by atoms with Gasteiger partial charge < -0.3 is 10.2 Å². The Balaban J connectivity index is 1.90. The van der Waals surface area contributed by atoms with Crippen molar-refractivity contribution in [2.24, 2.45) is 0 Å². The van der Waals surface area contributed by atoms with Crippen LogP contribution < -0.4 is 5.32 Å². The third-order valence-corrected chi connectivity index (χ3v) is 6.69. The zero-order valence-electron chi connectivity index (χ0n) is 23.6. The van der Waals surface area contributed by atoms with E-state index in [1.807, 2.05) is 75.4 Å². The minimum atomic E-state index is -0.661. The van der Waals surface area contributed by atoms with Gasteiger partial charge in [-0.25, -0.2) is 0 Å². The molecule has 0 bridgehead atoms. The van der Waals surface area contributed by atoms with Crippen molar-refractivity contribution in [1.29, 1.82) is 0 Å². The number of aryl methyl sites for hydroxylation is 1. The second-order valence-electron chi connectivity index (χ2n) is 12.0. The molecule has 0 fully saturated rings. The van der Waals surface area contributed by atoms with Crippen LogP contribution in [0.15, 0.2) is 78.9 Å². The molecule has 0 saturated carbocycles. The van der Waals surface area contributed by atoms with Crippen molar-refractivity contribution < 1.29 is 9.59 Å². The van der Waals surface area contributed by atoms with Crippen LogP contribution in [-0.2, 0) is 34.4 Å². The van der Waals surface area contributed by atoms with Crippen molar-refractivity contribution in [3.8, 4) is 0 Å². The fraction of sp³-hybridized carbons (Fsp3) is 0.394. The molecule has 0 aliphatic carbocycles. The number of rotatable bonds is 9. The van der Waals surface area contributed by atoms with Crippen LogP contribution in [0.25, 0.3) is 0 Å². The van der Waals surface area contributed by atoms with Crippen molar-refractivity contribution in [1.82, 2.24) is 10.2 Å². The average Bonchev–Trinajstić information content (AvgIpc) is 2.84.